The number of carbonyl (C=O) groups excluding carboxylic acids is 1. The maximum atomic E-state index is 11.8. The first kappa shape index (κ1) is 12.2. The Kier molecular flexibility index (Phi) is 4.29. The minimum absolute atomic E-state index is 0.0184. The van der Waals surface area contributed by atoms with Gasteiger partial charge >= 0.3 is 0 Å². The number of methoxy groups -OCH3 is 1. The highest BCUT2D eigenvalue weighted by molar-refractivity contribution is 9.10. The number of ketones is 1. The highest BCUT2D eigenvalue weighted by atomic mass is 79.9. The molecule has 3 nitrogen and oxygen atoms in total. The van der Waals surface area contributed by atoms with E-state index in [4.69, 9.17) is 4.74 Å². The van der Waals surface area contributed by atoms with Gasteiger partial charge in [0, 0.05) is 4.47 Å². The lowest BCUT2D eigenvalue weighted by molar-refractivity contribution is 0.0989. The molecule has 0 saturated carbocycles. The van der Waals surface area contributed by atoms with Gasteiger partial charge in [-0.15, -0.1) is 0 Å². The first-order chi connectivity index (χ1) is 7.11. The second-order valence-corrected chi connectivity index (χ2v) is 4.08. The summed E-state index contributed by atoms with van der Waals surface area (Å²) in [5, 5.41) is 2.84. The molecule has 1 aromatic carbocycles. The zero-order chi connectivity index (χ0) is 11.4. The van der Waals surface area contributed by atoms with Gasteiger partial charge in [0.15, 0.2) is 5.78 Å². The van der Waals surface area contributed by atoms with Crippen molar-refractivity contribution in [2.24, 2.45) is 0 Å². The molecule has 4 heteroatoms. The molecule has 0 unspecified atom stereocenters. The Bertz CT molecular complexity index is 377. The van der Waals surface area contributed by atoms with E-state index in [1.165, 1.54) is 0 Å². The molecule has 82 valence electrons. The van der Waals surface area contributed by atoms with Crippen LogP contribution in [0.15, 0.2) is 16.6 Å². The van der Waals surface area contributed by atoms with E-state index in [9.17, 15) is 4.79 Å². The van der Waals surface area contributed by atoms with Crippen LogP contribution >= 0.6 is 15.9 Å². The fourth-order valence-corrected chi connectivity index (χ4v) is 1.97. The molecule has 1 N–H and O–H groups in total. The van der Waals surface area contributed by atoms with Gasteiger partial charge in [0.1, 0.15) is 5.75 Å². The molecular weight excluding hydrogens is 258 g/mol. The number of likely N-dealkylation sites (N-methyl/N-ethyl adjacent to an activating group) is 1. The summed E-state index contributed by atoms with van der Waals surface area (Å²) in [4.78, 5) is 11.8. The number of carbonyl (C=O) groups is 1. The van der Waals surface area contributed by atoms with Gasteiger partial charge < -0.3 is 10.1 Å². The lowest BCUT2D eigenvalue weighted by Crippen LogP contribution is -2.19. The lowest BCUT2D eigenvalue weighted by Gasteiger charge is -2.12. The number of Topliss-reactive ketones (excluding diaryl/α,β-unsaturated/α-hetero) is 1. The van der Waals surface area contributed by atoms with Crippen LogP contribution in [0.1, 0.15) is 15.9 Å². The molecular formula is C11H14BrNO2. The summed E-state index contributed by atoms with van der Waals surface area (Å²) in [6.45, 7) is 2.22. The molecule has 15 heavy (non-hydrogen) atoms. The number of nitrogens with one attached hydrogen (secondary N) is 1. The lowest BCUT2D eigenvalue weighted by atomic mass is 10.1. The summed E-state index contributed by atoms with van der Waals surface area (Å²) in [5.74, 6) is 0.662. The third kappa shape index (κ3) is 2.58. The van der Waals surface area contributed by atoms with Crippen LogP contribution in [0.4, 0.5) is 0 Å². The van der Waals surface area contributed by atoms with Crippen molar-refractivity contribution < 1.29 is 9.53 Å². The minimum Gasteiger partial charge on any atom is -0.496 e. The third-order valence-electron chi connectivity index (χ3n) is 2.12. The van der Waals surface area contributed by atoms with Crippen LogP contribution in [-0.2, 0) is 0 Å². The summed E-state index contributed by atoms with van der Waals surface area (Å²) < 4.78 is 6.01. The van der Waals surface area contributed by atoms with E-state index < -0.39 is 0 Å². The number of hydrogen-bond donors (Lipinski definition) is 1. The second kappa shape index (κ2) is 5.28. The molecule has 0 heterocycles. The number of benzene rings is 1. The topological polar surface area (TPSA) is 38.3 Å². The van der Waals surface area contributed by atoms with E-state index in [1.807, 2.05) is 19.1 Å². The van der Waals surface area contributed by atoms with Crippen molar-refractivity contribution in [1.29, 1.82) is 0 Å². The highest BCUT2D eigenvalue weighted by Gasteiger charge is 2.17. The van der Waals surface area contributed by atoms with Crippen LogP contribution in [-0.4, -0.2) is 26.5 Å². The van der Waals surface area contributed by atoms with Gasteiger partial charge in [-0.1, -0.05) is 6.07 Å². The van der Waals surface area contributed by atoms with E-state index in [1.54, 1.807) is 14.2 Å². The number of ether oxygens (including phenoxy) is 1. The van der Waals surface area contributed by atoms with Crippen molar-refractivity contribution >= 4 is 21.7 Å². The molecule has 0 amide bonds. The van der Waals surface area contributed by atoms with E-state index in [0.29, 0.717) is 17.9 Å². The minimum atomic E-state index is 0.0184. The van der Waals surface area contributed by atoms with Crippen molar-refractivity contribution in [3.05, 3.63) is 27.7 Å². The molecule has 0 aliphatic heterocycles. The second-order valence-electron chi connectivity index (χ2n) is 3.23. The van der Waals surface area contributed by atoms with Crippen molar-refractivity contribution in [2.75, 3.05) is 20.7 Å². The molecule has 0 aromatic heterocycles. The van der Waals surface area contributed by atoms with Crippen molar-refractivity contribution in [2.45, 2.75) is 6.92 Å². The van der Waals surface area contributed by atoms with Crippen molar-refractivity contribution in [1.82, 2.24) is 5.32 Å². The van der Waals surface area contributed by atoms with Gasteiger partial charge in [-0.2, -0.15) is 0 Å². The standard InChI is InChI=1S/C11H14BrNO2/c1-7-4-5-8(12)10(11(7)15-3)9(14)6-13-2/h4-5,13H,6H2,1-3H3. The van der Waals surface area contributed by atoms with Crippen molar-refractivity contribution in [3.8, 4) is 5.75 Å². The Balaban J connectivity index is 3.24. The SMILES string of the molecule is CNCC(=O)c1c(Br)ccc(C)c1OC. The molecule has 1 rings (SSSR count). The Hall–Kier alpha value is -0.870. The molecule has 0 spiro atoms. The van der Waals surface area contributed by atoms with Gasteiger partial charge in [-0.25, -0.2) is 0 Å². The number of hydrogen-bond acceptors (Lipinski definition) is 3. The monoisotopic (exact) mass is 271 g/mol. The van der Waals surface area contributed by atoms with E-state index in [0.717, 1.165) is 10.0 Å². The van der Waals surface area contributed by atoms with Crippen LogP contribution in [0, 0.1) is 6.92 Å². The Labute approximate surface area is 97.9 Å². The van der Waals surface area contributed by atoms with Crippen LogP contribution in [0.5, 0.6) is 5.75 Å². The number of halogens is 1. The molecule has 0 fully saturated rings. The molecule has 0 atom stereocenters. The first-order valence-electron chi connectivity index (χ1n) is 4.62. The summed E-state index contributed by atoms with van der Waals surface area (Å²) in [5.41, 5.74) is 1.56. The van der Waals surface area contributed by atoms with Crippen LogP contribution in [0.25, 0.3) is 0 Å². The summed E-state index contributed by atoms with van der Waals surface area (Å²) in [6.07, 6.45) is 0. The molecule has 1 aromatic rings. The molecule has 0 saturated heterocycles. The maximum absolute atomic E-state index is 11.8. The quantitative estimate of drug-likeness (QED) is 0.854. The number of rotatable bonds is 4. The van der Waals surface area contributed by atoms with E-state index in [2.05, 4.69) is 21.2 Å². The summed E-state index contributed by atoms with van der Waals surface area (Å²) in [7, 11) is 3.32. The predicted octanol–water partition coefficient (Wildman–Crippen LogP) is 2.17. The Morgan fingerprint density at radius 1 is 1.53 bits per heavy atom. The van der Waals surface area contributed by atoms with Gasteiger partial charge in [-0.3, -0.25) is 4.79 Å². The molecule has 0 aliphatic carbocycles. The van der Waals surface area contributed by atoms with Gasteiger partial charge in [0.2, 0.25) is 0 Å². The molecule has 0 radical (unpaired) electrons. The highest BCUT2D eigenvalue weighted by Crippen LogP contribution is 2.30. The Morgan fingerprint density at radius 3 is 2.73 bits per heavy atom. The van der Waals surface area contributed by atoms with E-state index in [-0.39, 0.29) is 5.78 Å². The van der Waals surface area contributed by atoms with E-state index >= 15 is 0 Å². The zero-order valence-electron chi connectivity index (χ0n) is 9.06. The largest absolute Gasteiger partial charge is 0.496 e. The molecule has 0 bridgehead atoms. The van der Waals surface area contributed by atoms with Crippen LogP contribution in [0.2, 0.25) is 0 Å². The van der Waals surface area contributed by atoms with Gasteiger partial charge in [0.05, 0.1) is 19.2 Å². The first-order valence-corrected chi connectivity index (χ1v) is 5.42. The van der Waals surface area contributed by atoms with Crippen LogP contribution in [0.3, 0.4) is 0 Å². The normalized spacial score (nSPS) is 10.1. The van der Waals surface area contributed by atoms with Gasteiger partial charge in [-0.05, 0) is 41.5 Å². The average molecular weight is 272 g/mol. The fraction of sp³-hybridized carbons (Fsp3) is 0.364. The molecule has 0 aliphatic rings. The van der Waals surface area contributed by atoms with Gasteiger partial charge in [0.25, 0.3) is 0 Å². The predicted molar refractivity (Wildman–Crippen MR) is 63.7 cm³/mol. The maximum Gasteiger partial charge on any atom is 0.181 e. The average Bonchev–Trinajstić information content (AvgIpc) is 2.21. The van der Waals surface area contributed by atoms with Crippen molar-refractivity contribution in [3.63, 3.8) is 0 Å². The Morgan fingerprint density at radius 2 is 2.20 bits per heavy atom. The smallest absolute Gasteiger partial charge is 0.181 e. The summed E-state index contributed by atoms with van der Waals surface area (Å²) in [6, 6.07) is 3.78. The zero-order valence-corrected chi connectivity index (χ0v) is 10.6. The third-order valence-corrected chi connectivity index (χ3v) is 2.78. The number of aryl methyl sites for hydroxylation is 1. The fourth-order valence-electron chi connectivity index (χ4n) is 1.43. The van der Waals surface area contributed by atoms with Crippen LogP contribution < -0.4 is 10.1 Å². The summed E-state index contributed by atoms with van der Waals surface area (Å²) >= 11 is 3.36.